The van der Waals surface area contributed by atoms with E-state index in [-0.39, 0.29) is 18.6 Å². The van der Waals surface area contributed by atoms with Gasteiger partial charge in [-0.05, 0) is 38.8 Å². The molecule has 5 heterocycles. The van der Waals surface area contributed by atoms with Gasteiger partial charge in [0.15, 0.2) is 5.13 Å². The van der Waals surface area contributed by atoms with Gasteiger partial charge < -0.3 is 26.0 Å². The Balaban J connectivity index is 1.22. The molecule has 0 unspecified atom stereocenters. The van der Waals surface area contributed by atoms with Crippen molar-refractivity contribution in [2.75, 3.05) is 29.9 Å². The van der Waals surface area contributed by atoms with E-state index in [0.717, 1.165) is 41.2 Å². The topological polar surface area (TPSA) is 146 Å². The molecule has 1 amide bonds. The van der Waals surface area contributed by atoms with Crippen molar-refractivity contribution in [2.24, 2.45) is 5.73 Å². The molecule has 11 nitrogen and oxygen atoms in total. The number of aromatic nitrogens is 5. The zero-order valence-corrected chi connectivity index (χ0v) is 23.5. The third-order valence-corrected chi connectivity index (χ3v) is 8.54. The Morgan fingerprint density at radius 2 is 2.05 bits per heavy atom. The number of likely N-dealkylation sites (tertiary alicyclic amines) is 1. The van der Waals surface area contributed by atoms with Gasteiger partial charge in [0, 0.05) is 61.8 Å². The Bertz CT molecular complexity index is 1410. The second kappa shape index (κ2) is 12.1. The molecule has 39 heavy (non-hydrogen) atoms. The maximum Gasteiger partial charge on any atom is 0.255 e. The molecule has 13 heteroatoms. The highest BCUT2D eigenvalue weighted by Gasteiger charge is 2.31. The zero-order chi connectivity index (χ0) is 27.4. The quantitative estimate of drug-likeness (QED) is 0.261. The van der Waals surface area contributed by atoms with Crippen molar-refractivity contribution in [3.8, 4) is 10.6 Å². The number of pyridine rings is 1. The summed E-state index contributed by atoms with van der Waals surface area (Å²) in [6.07, 6.45) is 7.01. The van der Waals surface area contributed by atoms with Crippen LogP contribution >= 0.6 is 22.7 Å². The van der Waals surface area contributed by atoms with Crippen molar-refractivity contribution < 1.29 is 9.90 Å². The SMILES string of the molecule is CCN(C[C@H]1CCCN1C(=O)c1ccc(Nc2nc(-c3sc(CO)nc3C)cs2)nc1)c1ncc(CN)cn1. The number of rotatable bonds is 10. The summed E-state index contributed by atoms with van der Waals surface area (Å²) in [5.41, 5.74) is 8.77. The molecule has 0 aromatic carbocycles. The fraction of sp³-hybridized carbons (Fsp3) is 0.385. The van der Waals surface area contributed by atoms with E-state index in [9.17, 15) is 9.90 Å². The number of likely N-dealkylation sites (N-methyl/N-ethyl adjacent to an activating group) is 1. The Kier molecular flexibility index (Phi) is 8.41. The van der Waals surface area contributed by atoms with Gasteiger partial charge in [-0.25, -0.2) is 24.9 Å². The highest BCUT2D eigenvalue weighted by Crippen LogP contribution is 2.33. The van der Waals surface area contributed by atoms with Crippen LogP contribution in [0.3, 0.4) is 0 Å². The van der Waals surface area contributed by atoms with Crippen LogP contribution in [0.15, 0.2) is 36.1 Å². The predicted octanol–water partition coefficient (Wildman–Crippen LogP) is 3.59. The average Bonchev–Trinajstić information content (AvgIpc) is 3.71. The van der Waals surface area contributed by atoms with E-state index < -0.39 is 0 Å². The Morgan fingerprint density at radius 3 is 2.72 bits per heavy atom. The summed E-state index contributed by atoms with van der Waals surface area (Å²) in [4.78, 5) is 40.8. The number of thiazole rings is 2. The van der Waals surface area contributed by atoms with Gasteiger partial charge >= 0.3 is 0 Å². The number of amides is 1. The molecule has 0 radical (unpaired) electrons. The third-order valence-electron chi connectivity index (χ3n) is 6.62. The summed E-state index contributed by atoms with van der Waals surface area (Å²) >= 11 is 2.90. The summed E-state index contributed by atoms with van der Waals surface area (Å²) in [5.74, 6) is 1.23. The highest BCUT2D eigenvalue weighted by atomic mass is 32.1. The van der Waals surface area contributed by atoms with Crippen LogP contribution in [0.1, 0.15) is 46.4 Å². The molecule has 1 aliphatic heterocycles. The first-order valence-electron chi connectivity index (χ1n) is 12.8. The number of nitrogens with zero attached hydrogens (tertiary/aromatic N) is 7. The minimum atomic E-state index is -0.0811. The fourth-order valence-corrected chi connectivity index (χ4v) is 6.25. The first-order valence-corrected chi connectivity index (χ1v) is 14.5. The van der Waals surface area contributed by atoms with Crippen molar-refractivity contribution in [3.05, 3.63) is 57.9 Å². The van der Waals surface area contributed by atoms with Crippen molar-refractivity contribution in [1.29, 1.82) is 0 Å². The molecule has 4 aromatic rings. The van der Waals surface area contributed by atoms with Crippen molar-refractivity contribution in [3.63, 3.8) is 0 Å². The predicted molar refractivity (Wildman–Crippen MR) is 153 cm³/mol. The van der Waals surface area contributed by atoms with Crippen molar-refractivity contribution in [2.45, 2.75) is 45.9 Å². The lowest BCUT2D eigenvalue weighted by Crippen LogP contribution is -2.44. The van der Waals surface area contributed by atoms with Gasteiger partial charge in [0.05, 0.1) is 28.4 Å². The lowest BCUT2D eigenvalue weighted by atomic mass is 10.2. The number of aliphatic hydroxyl groups excluding tert-OH is 1. The molecule has 0 saturated carbocycles. The molecule has 0 aliphatic carbocycles. The summed E-state index contributed by atoms with van der Waals surface area (Å²) in [6, 6.07) is 3.67. The summed E-state index contributed by atoms with van der Waals surface area (Å²) in [6.45, 7) is 6.42. The second-order valence-corrected chi connectivity index (χ2v) is 11.1. The molecule has 4 N–H and O–H groups in total. The van der Waals surface area contributed by atoms with E-state index in [1.807, 2.05) is 17.2 Å². The van der Waals surface area contributed by atoms with Gasteiger partial charge in [0.1, 0.15) is 10.8 Å². The molecule has 1 aliphatic rings. The number of aryl methyl sites for hydroxylation is 1. The van der Waals surface area contributed by atoms with Gasteiger partial charge in [-0.1, -0.05) is 0 Å². The average molecular weight is 566 g/mol. The lowest BCUT2D eigenvalue weighted by molar-refractivity contribution is 0.0739. The second-order valence-electron chi connectivity index (χ2n) is 9.20. The van der Waals surface area contributed by atoms with E-state index in [2.05, 4.69) is 42.1 Å². The normalized spacial score (nSPS) is 15.1. The zero-order valence-electron chi connectivity index (χ0n) is 21.9. The van der Waals surface area contributed by atoms with Crippen LogP contribution in [0.4, 0.5) is 16.9 Å². The molecule has 5 rings (SSSR count). The first kappa shape index (κ1) is 27.1. The van der Waals surface area contributed by atoms with Gasteiger partial charge in [-0.2, -0.15) is 0 Å². The number of anilines is 3. The number of aliphatic hydroxyl groups is 1. The summed E-state index contributed by atoms with van der Waals surface area (Å²) in [5, 5.41) is 15.9. The third kappa shape index (κ3) is 6.06. The molecule has 204 valence electrons. The van der Waals surface area contributed by atoms with Crippen LogP contribution in [-0.4, -0.2) is 66.5 Å². The van der Waals surface area contributed by atoms with E-state index in [1.165, 1.54) is 22.7 Å². The molecule has 1 saturated heterocycles. The van der Waals surface area contributed by atoms with Crippen LogP contribution in [0.25, 0.3) is 10.6 Å². The molecular weight excluding hydrogens is 534 g/mol. The van der Waals surface area contributed by atoms with Crippen LogP contribution in [0.5, 0.6) is 0 Å². The van der Waals surface area contributed by atoms with Crippen LogP contribution in [0.2, 0.25) is 0 Å². The minimum Gasteiger partial charge on any atom is -0.389 e. The maximum absolute atomic E-state index is 13.4. The summed E-state index contributed by atoms with van der Waals surface area (Å²) < 4.78 is 0. The van der Waals surface area contributed by atoms with Gasteiger partial charge in [-0.3, -0.25) is 4.79 Å². The van der Waals surface area contributed by atoms with E-state index in [4.69, 9.17) is 5.73 Å². The fourth-order valence-electron chi connectivity index (χ4n) is 4.58. The van der Waals surface area contributed by atoms with Crippen molar-refractivity contribution in [1.82, 2.24) is 29.8 Å². The van der Waals surface area contributed by atoms with Crippen molar-refractivity contribution >= 4 is 45.5 Å². The molecule has 0 spiro atoms. The van der Waals surface area contributed by atoms with E-state index in [0.29, 0.717) is 47.1 Å². The van der Waals surface area contributed by atoms with Gasteiger partial charge in [0.2, 0.25) is 5.95 Å². The number of hydrogen-bond acceptors (Lipinski definition) is 12. The smallest absolute Gasteiger partial charge is 0.255 e. The van der Waals surface area contributed by atoms with Crippen LogP contribution in [0, 0.1) is 6.92 Å². The lowest BCUT2D eigenvalue weighted by Gasteiger charge is -2.30. The number of carbonyl (C=O) groups excluding carboxylic acids is 1. The molecule has 0 bridgehead atoms. The van der Waals surface area contributed by atoms with E-state index in [1.54, 1.807) is 30.7 Å². The largest absolute Gasteiger partial charge is 0.389 e. The number of hydrogen-bond donors (Lipinski definition) is 3. The maximum atomic E-state index is 13.4. The molecule has 4 aromatic heterocycles. The number of carbonyl (C=O) groups is 1. The standard InChI is InChI=1S/C26H31N9O2S2/c1-3-34(25-29-10-17(9-27)11-30-25)13-19-5-4-8-35(19)24(37)18-6-7-21(28-12-18)33-26-32-20(15-38-26)23-16(2)31-22(14-36)39-23/h6-7,10-12,15,19,36H,3-5,8-9,13-14,27H2,1-2H3,(H,28,32,33)/t19-/m1/s1. The van der Waals surface area contributed by atoms with Gasteiger partial charge in [-0.15, -0.1) is 22.7 Å². The number of nitrogens with one attached hydrogen (secondary N) is 1. The highest BCUT2D eigenvalue weighted by molar-refractivity contribution is 7.16. The van der Waals surface area contributed by atoms with Gasteiger partial charge in [0.25, 0.3) is 5.91 Å². The Hall–Kier alpha value is -3.52. The first-order chi connectivity index (χ1) is 19.0. The summed E-state index contributed by atoms with van der Waals surface area (Å²) in [7, 11) is 0. The minimum absolute atomic E-state index is 0.0242. The molecule has 1 atom stereocenters. The number of nitrogens with two attached hydrogens (primary N) is 1. The monoisotopic (exact) mass is 565 g/mol. The molecular formula is C26H31N9O2S2. The van der Waals surface area contributed by atoms with Crippen LogP contribution < -0.4 is 16.0 Å². The van der Waals surface area contributed by atoms with E-state index >= 15 is 0 Å². The van der Waals surface area contributed by atoms with Crippen LogP contribution in [-0.2, 0) is 13.2 Å². The Morgan fingerprint density at radius 1 is 1.23 bits per heavy atom. The Labute approximate surface area is 234 Å². The molecule has 1 fully saturated rings.